The number of ketones is 1. The Morgan fingerprint density at radius 1 is 1.56 bits per heavy atom. The van der Waals surface area contributed by atoms with Crippen LogP contribution in [0.5, 0.6) is 0 Å². The van der Waals surface area contributed by atoms with Crippen molar-refractivity contribution < 1.29 is 14.3 Å². The summed E-state index contributed by atoms with van der Waals surface area (Å²) in [7, 11) is 0. The van der Waals surface area contributed by atoms with Gasteiger partial charge < -0.3 is 15.8 Å². The monoisotopic (exact) mass is 268 g/mol. The van der Waals surface area contributed by atoms with Crippen molar-refractivity contribution in [2.75, 3.05) is 24.2 Å². The van der Waals surface area contributed by atoms with Crippen LogP contribution < -0.4 is 11.1 Å². The van der Waals surface area contributed by atoms with Crippen LogP contribution in [0, 0.1) is 0 Å². The first kappa shape index (κ1) is 14.2. The van der Waals surface area contributed by atoms with Crippen LogP contribution in [-0.4, -0.2) is 24.9 Å². The summed E-state index contributed by atoms with van der Waals surface area (Å²) in [4.78, 5) is 23.6. The zero-order valence-electron chi connectivity index (χ0n) is 10.4. The first-order valence-electron chi connectivity index (χ1n) is 5.48. The van der Waals surface area contributed by atoms with Gasteiger partial charge in [-0.15, -0.1) is 17.9 Å². The van der Waals surface area contributed by atoms with E-state index in [9.17, 15) is 9.59 Å². The summed E-state index contributed by atoms with van der Waals surface area (Å²) in [5.74, 6) is -0.694. The van der Waals surface area contributed by atoms with Gasteiger partial charge in [-0.3, -0.25) is 4.79 Å². The summed E-state index contributed by atoms with van der Waals surface area (Å²) in [5.41, 5.74) is 6.24. The van der Waals surface area contributed by atoms with Gasteiger partial charge in [0.25, 0.3) is 0 Å². The maximum absolute atomic E-state index is 11.8. The maximum Gasteiger partial charge on any atom is 0.343 e. The lowest BCUT2D eigenvalue weighted by Crippen LogP contribution is -2.10. The number of rotatable bonds is 6. The van der Waals surface area contributed by atoms with Crippen molar-refractivity contribution in [1.29, 1.82) is 0 Å². The predicted octanol–water partition coefficient (Wildman–Crippen LogP) is 2.31. The van der Waals surface area contributed by atoms with Crippen LogP contribution in [0.2, 0.25) is 0 Å². The van der Waals surface area contributed by atoms with Crippen LogP contribution in [0.15, 0.2) is 12.7 Å². The van der Waals surface area contributed by atoms with Crippen LogP contribution in [0.4, 0.5) is 10.7 Å². The van der Waals surface area contributed by atoms with E-state index in [-0.39, 0.29) is 23.6 Å². The number of nitrogen functional groups attached to an aromatic ring is 1. The van der Waals surface area contributed by atoms with E-state index < -0.39 is 5.97 Å². The topological polar surface area (TPSA) is 81.4 Å². The fourth-order valence-corrected chi connectivity index (χ4v) is 2.41. The average Bonchev–Trinajstić information content (AvgIpc) is 2.64. The Bertz CT molecular complexity index is 480. The Morgan fingerprint density at radius 2 is 2.22 bits per heavy atom. The van der Waals surface area contributed by atoms with Gasteiger partial charge in [-0.05, 0) is 6.92 Å². The van der Waals surface area contributed by atoms with Crippen molar-refractivity contribution in [1.82, 2.24) is 0 Å². The average molecular weight is 268 g/mol. The number of anilines is 2. The molecule has 0 saturated carbocycles. The number of hydrogen-bond acceptors (Lipinski definition) is 6. The van der Waals surface area contributed by atoms with E-state index in [1.54, 1.807) is 13.0 Å². The zero-order valence-corrected chi connectivity index (χ0v) is 11.2. The normalized spacial score (nSPS) is 9.89. The van der Waals surface area contributed by atoms with E-state index in [0.717, 1.165) is 11.3 Å². The van der Waals surface area contributed by atoms with E-state index in [1.807, 2.05) is 0 Å². The molecule has 0 radical (unpaired) electrons. The summed E-state index contributed by atoms with van der Waals surface area (Å²) in [6.07, 6.45) is 1.65. The minimum absolute atomic E-state index is 0.172. The molecule has 98 valence electrons. The van der Waals surface area contributed by atoms with Gasteiger partial charge in [0.2, 0.25) is 0 Å². The standard InChI is InChI=1S/C12H16N2O3S/c1-4-6-14-11-8(12(16)17-5-2)9(13)10(18-11)7(3)15/h4,14H,1,5-6,13H2,2-3H3. The summed E-state index contributed by atoms with van der Waals surface area (Å²) < 4.78 is 4.93. The molecular formula is C12H16N2O3S. The number of esters is 1. The molecule has 1 heterocycles. The van der Waals surface area contributed by atoms with Crippen molar-refractivity contribution in [2.24, 2.45) is 0 Å². The van der Waals surface area contributed by atoms with Crippen LogP contribution in [0.3, 0.4) is 0 Å². The summed E-state index contributed by atoms with van der Waals surface area (Å²) in [6, 6.07) is 0. The maximum atomic E-state index is 11.8. The Labute approximate surface area is 110 Å². The second kappa shape index (κ2) is 6.20. The van der Waals surface area contributed by atoms with E-state index >= 15 is 0 Å². The van der Waals surface area contributed by atoms with E-state index in [4.69, 9.17) is 10.5 Å². The Morgan fingerprint density at radius 3 is 2.72 bits per heavy atom. The smallest absolute Gasteiger partial charge is 0.343 e. The van der Waals surface area contributed by atoms with Crippen LogP contribution in [-0.2, 0) is 4.74 Å². The lowest BCUT2D eigenvalue weighted by atomic mass is 10.2. The molecule has 0 aromatic carbocycles. The molecular weight excluding hydrogens is 252 g/mol. The van der Waals surface area contributed by atoms with Crippen molar-refractivity contribution in [3.63, 3.8) is 0 Å². The number of carbonyl (C=O) groups excluding carboxylic acids is 2. The second-order valence-electron chi connectivity index (χ2n) is 3.50. The van der Waals surface area contributed by atoms with Gasteiger partial charge in [0.05, 0.1) is 17.2 Å². The molecule has 0 unspecified atom stereocenters. The van der Waals surface area contributed by atoms with Gasteiger partial charge in [-0.25, -0.2) is 4.79 Å². The van der Waals surface area contributed by atoms with Crippen molar-refractivity contribution in [2.45, 2.75) is 13.8 Å². The Balaban J connectivity index is 3.21. The number of hydrogen-bond donors (Lipinski definition) is 2. The molecule has 1 aromatic heterocycles. The molecule has 1 aromatic rings. The van der Waals surface area contributed by atoms with Gasteiger partial charge >= 0.3 is 5.97 Å². The number of nitrogens with one attached hydrogen (secondary N) is 1. The van der Waals surface area contributed by atoms with E-state index in [2.05, 4.69) is 11.9 Å². The Kier molecular flexibility index (Phi) is 4.91. The van der Waals surface area contributed by atoms with Crippen LogP contribution >= 0.6 is 11.3 Å². The third-order valence-corrected chi connectivity index (χ3v) is 3.42. The molecule has 0 saturated heterocycles. The largest absolute Gasteiger partial charge is 0.462 e. The SMILES string of the molecule is C=CCNc1sc(C(C)=O)c(N)c1C(=O)OCC. The van der Waals surface area contributed by atoms with Gasteiger partial charge in [0.1, 0.15) is 10.6 Å². The minimum Gasteiger partial charge on any atom is -0.462 e. The molecule has 0 fully saturated rings. The molecule has 1 rings (SSSR count). The van der Waals surface area contributed by atoms with Crippen LogP contribution in [0.25, 0.3) is 0 Å². The molecule has 6 heteroatoms. The first-order valence-corrected chi connectivity index (χ1v) is 6.29. The lowest BCUT2D eigenvalue weighted by Gasteiger charge is -2.05. The number of ether oxygens (including phenoxy) is 1. The predicted molar refractivity (Wildman–Crippen MR) is 73.4 cm³/mol. The number of carbonyl (C=O) groups is 2. The third kappa shape index (κ3) is 2.89. The van der Waals surface area contributed by atoms with Gasteiger partial charge in [-0.1, -0.05) is 6.08 Å². The summed E-state index contributed by atoms with van der Waals surface area (Å²) in [6.45, 7) is 7.43. The van der Waals surface area contributed by atoms with Gasteiger partial charge in [0.15, 0.2) is 5.78 Å². The molecule has 0 amide bonds. The minimum atomic E-state index is -0.523. The van der Waals surface area contributed by atoms with Crippen molar-refractivity contribution in [3.05, 3.63) is 23.1 Å². The highest BCUT2D eigenvalue weighted by molar-refractivity contribution is 7.19. The molecule has 0 aliphatic rings. The summed E-state index contributed by atoms with van der Waals surface area (Å²) in [5, 5.41) is 3.52. The molecule has 3 N–H and O–H groups in total. The Hall–Kier alpha value is -1.82. The molecule has 0 atom stereocenters. The highest BCUT2D eigenvalue weighted by Gasteiger charge is 2.24. The molecule has 5 nitrogen and oxygen atoms in total. The van der Waals surface area contributed by atoms with Gasteiger partial charge in [0, 0.05) is 13.5 Å². The summed E-state index contributed by atoms with van der Waals surface area (Å²) >= 11 is 1.15. The first-order chi connectivity index (χ1) is 8.52. The fraction of sp³-hybridized carbons (Fsp3) is 0.333. The van der Waals surface area contributed by atoms with Crippen molar-refractivity contribution >= 4 is 33.8 Å². The molecule has 0 spiro atoms. The number of nitrogens with two attached hydrogens (primary N) is 1. The number of thiophene rings is 1. The zero-order chi connectivity index (χ0) is 13.7. The number of Topliss-reactive ketones (excluding diaryl/α,β-unsaturated/α-hetero) is 1. The molecule has 0 aliphatic heterocycles. The highest BCUT2D eigenvalue weighted by Crippen LogP contribution is 2.36. The van der Waals surface area contributed by atoms with E-state index in [0.29, 0.717) is 16.4 Å². The molecule has 18 heavy (non-hydrogen) atoms. The van der Waals surface area contributed by atoms with Crippen LogP contribution in [0.1, 0.15) is 33.9 Å². The van der Waals surface area contributed by atoms with E-state index in [1.165, 1.54) is 6.92 Å². The lowest BCUT2D eigenvalue weighted by molar-refractivity contribution is 0.0529. The highest BCUT2D eigenvalue weighted by atomic mass is 32.1. The quantitative estimate of drug-likeness (QED) is 0.470. The third-order valence-electron chi connectivity index (χ3n) is 2.15. The van der Waals surface area contributed by atoms with Crippen molar-refractivity contribution in [3.8, 4) is 0 Å². The second-order valence-corrected chi connectivity index (χ2v) is 4.52. The van der Waals surface area contributed by atoms with Gasteiger partial charge in [-0.2, -0.15) is 0 Å². The fourth-order valence-electron chi connectivity index (χ4n) is 1.40. The molecule has 0 bridgehead atoms. The molecule has 0 aliphatic carbocycles.